The summed E-state index contributed by atoms with van der Waals surface area (Å²) < 4.78 is 0. The Morgan fingerprint density at radius 2 is 1.00 bits per heavy atom. The van der Waals surface area contributed by atoms with E-state index in [1.807, 2.05) is 0 Å². The van der Waals surface area contributed by atoms with Crippen LogP contribution in [-0.2, 0) is 26.2 Å². The zero-order chi connectivity index (χ0) is 0. The summed E-state index contributed by atoms with van der Waals surface area (Å²) in [6, 6.07) is 0. The van der Waals surface area contributed by atoms with Gasteiger partial charge in [-0.2, -0.15) is 0 Å². The van der Waals surface area contributed by atoms with E-state index < -0.39 is 0 Å². The average molecular weight is 426 g/mol. The summed E-state index contributed by atoms with van der Waals surface area (Å²) in [5.41, 5.74) is 0. The van der Waals surface area contributed by atoms with Crippen LogP contribution in [0.5, 0.6) is 0 Å². The van der Waals surface area contributed by atoms with Crippen LogP contribution in [0.2, 0.25) is 0 Å². The molecule has 0 spiro atoms. The van der Waals surface area contributed by atoms with Gasteiger partial charge in [-0.1, -0.05) is 0 Å². The zero-order valence-corrected chi connectivity index (χ0v) is 14.4. The van der Waals surface area contributed by atoms with Crippen LogP contribution in [0.4, 0.5) is 0 Å². The SMILES string of the molecule is [Ca].[Pb].[Sr].[Zr]. The van der Waals surface area contributed by atoms with Crippen molar-refractivity contribution in [2.45, 2.75) is 0 Å². The summed E-state index contributed by atoms with van der Waals surface area (Å²) in [5, 5.41) is 0. The Hall–Kier alpha value is 4.55. The summed E-state index contributed by atoms with van der Waals surface area (Å²) in [5.74, 6) is 0. The van der Waals surface area contributed by atoms with Crippen molar-refractivity contribution in [1.82, 2.24) is 0 Å². The van der Waals surface area contributed by atoms with Gasteiger partial charge in [-0.3, -0.25) is 0 Å². The number of hydrogen-bond acceptors (Lipinski definition) is 0. The van der Waals surface area contributed by atoms with E-state index in [9.17, 15) is 0 Å². The minimum Gasteiger partial charge on any atom is 0 e. The minimum atomic E-state index is 0. The molecular formula is CaPbSrZr. The van der Waals surface area contributed by atoms with Gasteiger partial charge in [0.2, 0.25) is 0 Å². The van der Waals surface area contributed by atoms with Gasteiger partial charge in [0, 0.05) is 137 Å². The molecule has 0 aromatic heterocycles. The molecule has 0 atom stereocenters. The predicted octanol–water partition coefficient (Wildman–Crippen LogP) is -1.14. The summed E-state index contributed by atoms with van der Waals surface area (Å²) >= 11 is 0. The Morgan fingerprint density at radius 1 is 1.00 bits per heavy atom. The average Bonchev–Trinajstić information content (AvgIpc) is 0. The molecule has 4 heavy (non-hydrogen) atoms. The van der Waals surface area contributed by atoms with Gasteiger partial charge in [-0.25, -0.2) is 0 Å². The van der Waals surface area contributed by atoms with Gasteiger partial charge in [-0.05, 0) is 0 Å². The van der Waals surface area contributed by atoms with Crippen LogP contribution in [0.25, 0.3) is 0 Å². The molecule has 0 bridgehead atoms. The first kappa shape index (κ1) is 23.5. The van der Waals surface area contributed by atoms with Crippen molar-refractivity contribution in [3.8, 4) is 0 Å². The molecule has 0 unspecified atom stereocenters. The fourth-order valence-corrected chi connectivity index (χ4v) is 0. The molecular weight excluding hydrogens is 426 g/mol. The molecule has 0 heterocycles. The predicted molar refractivity (Wildman–Crippen MR) is 17.3 cm³/mol. The van der Waals surface area contributed by atoms with E-state index in [1.54, 1.807) is 0 Å². The molecule has 0 aliphatic heterocycles. The molecule has 0 saturated heterocycles. The van der Waals surface area contributed by atoms with Crippen molar-refractivity contribution in [2.75, 3.05) is 0 Å². The van der Waals surface area contributed by atoms with E-state index in [-0.39, 0.29) is 137 Å². The van der Waals surface area contributed by atoms with Crippen molar-refractivity contribution in [2.24, 2.45) is 0 Å². The molecule has 4 heteroatoms. The smallest absolute Gasteiger partial charge is 0 e. The van der Waals surface area contributed by atoms with E-state index in [0.717, 1.165) is 0 Å². The summed E-state index contributed by atoms with van der Waals surface area (Å²) in [6.07, 6.45) is 0. The Kier molecular flexibility index (Phi) is 92.1. The van der Waals surface area contributed by atoms with Crippen LogP contribution in [0.15, 0.2) is 0 Å². The third-order valence-corrected chi connectivity index (χ3v) is 0. The Morgan fingerprint density at radius 3 is 1.00 bits per heavy atom. The maximum absolute atomic E-state index is 0. The summed E-state index contributed by atoms with van der Waals surface area (Å²) in [6.45, 7) is 0. The van der Waals surface area contributed by atoms with Gasteiger partial charge in [0.15, 0.2) is 0 Å². The third kappa shape index (κ3) is 9.74. The first-order valence-electron chi connectivity index (χ1n) is 0. The van der Waals surface area contributed by atoms with Crippen molar-refractivity contribution in [3.63, 3.8) is 0 Å². The van der Waals surface area contributed by atoms with Gasteiger partial charge in [0.1, 0.15) is 0 Å². The molecule has 0 aromatic rings. The topological polar surface area (TPSA) is 0 Å². The molecule has 0 saturated carbocycles. The first-order valence-corrected chi connectivity index (χ1v) is 0. The van der Waals surface area contributed by atoms with Crippen LogP contribution in [0.3, 0.4) is 0 Å². The molecule has 0 amide bonds. The molecule has 0 fully saturated rings. The zero-order valence-electron chi connectivity index (χ0n) is 2.41. The van der Waals surface area contributed by atoms with E-state index in [4.69, 9.17) is 0 Å². The molecule has 0 N–H and O–H groups in total. The van der Waals surface area contributed by atoms with Crippen molar-refractivity contribution < 1.29 is 26.2 Å². The Labute approximate surface area is 132 Å². The maximum atomic E-state index is 0. The van der Waals surface area contributed by atoms with Crippen LogP contribution < -0.4 is 0 Å². The summed E-state index contributed by atoms with van der Waals surface area (Å²) in [7, 11) is 0. The Bertz CT molecular complexity index is 8.00. The van der Waals surface area contributed by atoms with Crippen LogP contribution >= 0.6 is 0 Å². The Balaban J connectivity index is 0. The first-order chi connectivity index (χ1) is 0. The summed E-state index contributed by atoms with van der Waals surface area (Å²) in [4.78, 5) is 0. The molecule has 0 rings (SSSR count). The molecule has 0 aliphatic rings. The van der Waals surface area contributed by atoms with Gasteiger partial charge >= 0.3 is 0 Å². The standard InChI is InChI=1S/Ca.Pb.Sr.Zr. The molecule has 12 valence electrons. The van der Waals surface area contributed by atoms with Gasteiger partial charge < -0.3 is 0 Å². The van der Waals surface area contributed by atoms with Crippen molar-refractivity contribution in [1.29, 1.82) is 0 Å². The monoisotopic (exact) mass is 426 g/mol. The maximum Gasteiger partial charge on any atom is 0 e. The van der Waals surface area contributed by atoms with Crippen LogP contribution in [0.1, 0.15) is 0 Å². The quantitative estimate of drug-likeness (QED) is 0.430. The van der Waals surface area contributed by atoms with E-state index >= 15 is 0 Å². The van der Waals surface area contributed by atoms with E-state index in [1.165, 1.54) is 0 Å². The molecule has 0 nitrogen and oxygen atoms in total. The van der Waals surface area contributed by atoms with E-state index in [0.29, 0.717) is 0 Å². The van der Waals surface area contributed by atoms with Crippen LogP contribution in [0, 0.1) is 0 Å². The van der Waals surface area contributed by atoms with Crippen molar-refractivity contribution >= 4 is 111 Å². The molecule has 0 aliphatic carbocycles. The normalized spacial score (nSPS) is 0. The fourth-order valence-electron chi connectivity index (χ4n) is 0. The molecule has 8 radical (unpaired) electrons. The second kappa shape index (κ2) is 15.6. The minimum absolute atomic E-state index is 0. The fraction of sp³-hybridized carbons (Fsp3) is 0. The second-order valence-corrected chi connectivity index (χ2v) is 0. The van der Waals surface area contributed by atoms with Gasteiger partial charge in [0.25, 0.3) is 0 Å². The van der Waals surface area contributed by atoms with E-state index in [2.05, 4.69) is 0 Å². The largest absolute Gasteiger partial charge is 0 e. The third-order valence-electron chi connectivity index (χ3n) is 0. The van der Waals surface area contributed by atoms with Crippen molar-refractivity contribution in [3.05, 3.63) is 0 Å². The van der Waals surface area contributed by atoms with Crippen LogP contribution in [-0.4, -0.2) is 111 Å². The molecule has 0 aromatic carbocycles. The second-order valence-electron chi connectivity index (χ2n) is 0. The van der Waals surface area contributed by atoms with Gasteiger partial charge in [-0.15, -0.1) is 0 Å². The van der Waals surface area contributed by atoms with Gasteiger partial charge in [0.05, 0.1) is 0 Å². The number of hydrogen-bond donors (Lipinski definition) is 0. The number of rotatable bonds is 0.